The largest absolute Gasteiger partial charge is 0.353 e. The zero-order valence-corrected chi connectivity index (χ0v) is 11.3. The average Bonchev–Trinajstić information content (AvgIpc) is 3.21. The van der Waals surface area contributed by atoms with E-state index in [1.807, 2.05) is 4.90 Å². The molecule has 2 aliphatic rings. The molecule has 4 heteroatoms. The molecule has 2 fully saturated rings. The first-order valence-corrected chi connectivity index (χ1v) is 7.29. The summed E-state index contributed by atoms with van der Waals surface area (Å²) in [6, 6.07) is 0.276. The number of nitrogens with one attached hydrogen (secondary N) is 1. The number of likely N-dealkylation sites (tertiary alicyclic amines) is 1. The van der Waals surface area contributed by atoms with E-state index in [-0.39, 0.29) is 11.9 Å². The maximum atomic E-state index is 11.9. The van der Waals surface area contributed by atoms with Crippen molar-refractivity contribution in [3.63, 3.8) is 0 Å². The van der Waals surface area contributed by atoms with E-state index in [1.165, 1.54) is 0 Å². The molecule has 0 spiro atoms. The summed E-state index contributed by atoms with van der Waals surface area (Å²) in [6.07, 6.45) is 6.63. The number of piperidine rings is 1. The van der Waals surface area contributed by atoms with Crippen LogP contribution in [0.2, 0.25) is 0 Å². The lowest BCUT2D eigenvalue weighted by Crippen LogP contribution is -2.46. The second-order valence-corrected chi connectivity index (χ2v) is 5.54. The Morgan fingerprint density at radius 3 is 2.39 bits per heavy atom. The van der Waals surface area contributed by atoms with Crippen LogP contribution in [0, 0.1) is 5.92 Å². The van der Waals surface area contributed by atoms with E-state index >= 15 is 0 Å². The van der Waals surface area contributed by atoms with Gasteiger partial charge in [0.25, 0.3) is 0 Å². The van der Waals surface area contributed by atoms with Gasteiger partial charge in [0.15, 0.2) is 0 Å². The second kappa shape index (κ2) is 6.21. The third-order valence-corrected chi connectivity index (χ3v) is 3.86. The van der Waals surface area contributed by atoms with E-state index in [1.54, 1.807) is 0 Å². The van der Waals surface area contributed by atoms with Gasteiger partial charge < -0.3 is 10.2 Å². The van der Waals surface area contributed by atoms with Gasteiger partial charge in [0.1, 0.15) is 0 Å². The molecule has 18 heavy (non-hydrogen) atoms. The maximum absolute atomic E-state index is 11.9. The Labute approximate surface area is 109 Å². The van der Waals surface area contributed by atoms with E-state index in [0.717, 1.165) is 51.6 Å². The van der Waals surface area contributed by atoms with Gasteiger partial charge in [-0.15, -0.1) is 0 Å². The highest BCUT2D eigenvalue weighted by atomic mass is 16.2. The van der Waals surface area contributed by atoms with Crippen LogP contribution in [-0.2, 0) is 9.59 Å². The molecule has 0 aromatic heterocycles. The molecule has 0 radical (unpaired) electrons. The number of rotatable bonds is 5. The summed E-state index contributed by atoms with van der Waals surface area (Å²) in [6.45, 7) is 3.72. The van der Waals surface area contributed by atoms with Crippen molar-refractivity contribution in [2.45, 2.75) is 57.9 Å². The van der Waals surface area contributed by atoms with Crippen molar-refractivity contribution in [1.82, 2.24) is 10.2 Å². The van der Waals surface area contributed by atoms with Crippen LogP contribution in [0.3, 0.4) is 0 Å². The van der Waals surface area contributed by atoms with E-state index < -0.39 is 0 Å². The minimum absolute atomic E-state index is 0.170. The maximum Gasteiger partial charge on any atom is 0.225 e. The molecule has 1 N–H and O–H groups in total. The molecule has 0 aromatic rings. The van der Waals surface area contributed by atoms with Gasteiger partial charge in [-0.25, -0.2) is 0 Å². The lowest BCUT2D eigenvalue weighted by Gasteiger charge is -2.32. The third-order valence-electron chi connectivity index (χ3n) is 3.86. The molecule has 102 valence electrons. The van der Waals surface area contributed by atoms with Gasteiger partial charge in [-0.05, 0) is 32.1 Å². The minimum Gasteiger partial charge on any atom is -0.353 e. The van der Waals surface area contributed by atoms with Crippen molar-refractivity contribution in [2.75, 3.05) is 13.1 Å². The Morgan fingerprint density at radius 1 is 1.17 bits per heavy atom. The quantitative estimate of drug-likeness (QED) is 0.809. The first-order valence-electron chi connectivity index (χ1n) is 7.29. The second-order valence-electron chi connectivity index (χ2n) is 5.54. The van der Waals surface area contributed by atoms with Gasteiger partial charge >= 0.3 is 0 Å². The summed E-state index contributed by atoms with van der Waals surface area (Å²) in [7, 11) is 0. The van der Waals surface area contributed by atoms with Crippen molar-refractivity contribution in [2.24, 2.45) is 5.92 Å². The third kappa shape index (κ3) is 3.72. The molecular weight excluding hydrogens is 228 g/mol. The number of carbonyl (C=O) groups is 2. The summed E-state index contributed by atoms with van der Waals surface area (Å²) in [5.41, 5.74) is 0. The smallest absolute Gasteiger partial charge is 0.225 e. The molecule has 1 aliphatic heterocycles. The highest BCUT2D eigenvalue weighted by Gasteiger charge is 2.34. The fourth-order valence-corrected chi connectivity index (χ4v) is 2.47. The highest BCUT2D eigenvalue weighted by Crippen LogP contribution is 2.31. The average molecular weight is 252 g/mol. The van der Waals surface area contributed by atoms with Crippen molar-refractivity contribution >= 4 is 11.8 Å². The zero-order chi connectivity index (χ0) is 13.0. The van der Waals surface area contributed by atoms with Gasteiger partial charge in [-0.1, -0.05) is 13.3 Å². The number of carbonyl (C=O) groups excluding carboxylic acids is 2. The molecule has 1 saturated carbocycles. The number of unbranched alkanes of at least 4 members (excludes halogenated alkanes) is 1. The lowest BCUT2D eigenvalue weighted by atomic mass is 10.0. The normalized spacial score (nSPS) is 20.8. The van der Waals surface area contributed by atoms with Gasteiger partial charge in [0.05, 0.1) is 0 Å². The molecule has 2 rings (SSSR count). The number of hydrogen-bond donors (Lipinski definition) is 1. The minimum atomic E-state index is 0.170. The fourth-order valence-electron chi connectivity index (χ4n) is 2.47. The van der Waals surface area contributed by atoms with E-state index in [9.17, 15) is 9.59 Å². The fraction of sp³-hybridized carbons (Fsp3) is 0.857. The monoisotopic (exact) mass is 252 g/mol. The van der Waals surface area contributed by atoms with Gasteiger partial charge in [-0.3, -0.25) is 9.59 Å². The predicted molar refractivity (Wildman–Crippen MR) is 70.0 cm³/mol. The summed E-state index contributed by atoms with van der Waals surface area (Å²) < 4.78 is 0. The van der Waals surface area contributed by atoms with Crippen LogP contribution in [0.1, 0.15) is 51.9 Å². The Kier molecular flexibility index (Phi) is 4.61. The summed E-state index contributed by atoms with van der Waals surface area (Å²) in [4.78, 5) is 25.5. The SMILES string of the molecule is CCCCC(=O)NC1CCN(C(=O)C2CC2)CC1. The molecular formula is C14H24N2O2. The topological polar surface area (TPSA) is 49.4 Å². The first kappa shape index (κ1) is 13.4. The molecule has 2 amide bonds. The summed E-state index contributed by atoms with van der Waals surface area (Å²) in [5.74, 6) is 0.829. The number of nitrogens with zero attached hydrogens (tertiary/aromatic N) is 1. The Morgan fingerprint density at radius 2 is 1.83 bits per heavy atom. The van der Waals surface area contributed by atoms with E-state index in [4.69, 9.17) is 0 Å². The van der Waals surface area contributed by atoms with Crippen LogP contribution < -0.4 is 5.32 Å². The van der Waals surface area contributed by atoms with Crippen LogP contribution in [0.4, 0.5) is 0 Å². The van der Waals surface area contributed by atoms with Crippen molar-refractivity contribution in [3.8, 4) is 0 Å². The standard InChI is InChI=1S/C14H24N2O2/c1-2-3-4-13(17)15-12-7-9-16(10-8-12)14(18)11-5-6-11/h11-12H,2-10H2,1H3,(H,15,17). The number of amides is 2. The van der Waals surface area contributed by atoms with Crippen LogP contribution >= 0.6 is 0 Å². The highest BCUT2D eigenvalue weighted by molar-refractivity contribution is 5.81. The van der Waals surface area contributed by atoms with Crippen LogP contribution in [0.25, 0.3) is 0 Å². The zero-order valence-electron chi connectivity index (χ0n) is 11.3. The Bertz CT molecular complexity index is 305. The first-order chi connectivity index (χ1) is 8.70. The van der Waals surface area contributed by atoms with Gasteiger partial charge in [0.2, 0.25) is 11.8 Å². The molecule has 1 aliphatic carbocycles. The van der Waals surface area contributed by atoms with Crippen molar-refractivity contribution in [1.29, 1.82) is 0 Å². The van der Waals surface area contributed by atoms with Crippen LogP contribution in [0.15, 0.2) is 0 Å². The molecule has 1 heterocycles. The van der Waals surface area contributed by atoms with E-state index in [2.05, 4.69) is 12.2 Å². The molecule has 1 saturated heterocycles. The van der Waals surface area contributed by atoms with Crippen LogP contribution in [0.5, 0.6) is 0 Å². The molecule has 4 nitrogen and oxygen atoms in total. The molecule has 0 unspecified atom stereocenters. The Balaban J connectivity index is 1.66. The molecule has 0 aromatic carbocycles. The Hall–Kier alpha value is -1.06. The predicted octanol–water partition coefficient (Wildman–Crippen LogP) is 1.69. The van der Waals surface area contributed by atoms with Crippen molar-refractivity contribution < 1.29 is 9.59 Å². The number of hydrogen-bond acceptors (Lipinski definition) is 2. The molecule has 0 bridgehead atoms. The van der Waals surface area contributed by atoms with Crippen molar-refractivity contribution in [3.05, 3.63) is 0 Å². The summed E-state index contributed by atoms with van der Waals surface area (Å²) in [5, 5.41) is 3.08. The lowest BCUT2D eigenvalue weighted by molar-refractivity contribution is -0.133. The van der Waals surface area contributed by atoms with Gasteiger partial charge in [-0.2, -0.15) is 0 Å². The van der Waals surface area contributed by atoms with E-state index in [0.29, 0.717) is 18.2 Å². The van der Waals surface area contributed by atoms with Gasteiger partial charge in [0, 0.05) is 31.5 Å². The van der Waals surface area contributed by atoms with Crippen LogP contribution in [-0.4, -0.2) is 35.8 Å². The molecule has 0 atom stereocenters. The summed E-state index contributed by atoms with van der Waals surface area (Å²) >= 11 is 0.